The van der Waals surface area contributed by atoms with Crippen molar-refractivity contribution in [2.75, 3.05) is 5.73 Å². The second-order valence-corrected chi connectivity index (χ2v) is 4.64. The van der Waals surface area contributed by atoms with Crippen LogP contribution in [-0.4, -0.2) is 0 Å². The third-order valence-corrected chi connectivity index (χ3v) is 4.14. The molecule has 0 aliphatic heterocycles. The maximum atomic E-state index is 5.96. The molecule has 1 nitrogen and oxygen atoms in total. The van der Waals surface area contributed by atoms with Crippen molar-refractivity contribution in [1.29, 1.82) is 0 Å². The van der Waals surface area contributed by atoms with Gasteiger partial charge in [-0.15, -0.1) is 8.19 Å². The Morgan fingerprint density at radius 2 is 1.86 bits per heavy atom. The average molecular weight is 203 g/mol. The van der Waals surface area contributed by atoms with Crippen LogP contribution < -0.4 is 5.73 Å². The summed E-state index contributed by atoms with van der Waals surface area (Å²) in [5.74, 6) is 2.29. The molecule has 2 rings (SSSR count). The van der Waals surface area contributed by atoms with Crippen LogP contribution in [-0.2, 0) is 0 Å². The lowest BCUT2D eigenvalue weighted by molar-refractivity contribution is 1.40. The van der Waals surface area contributed by atoms with Crippen LogP contribution in [0.15, 0.2) is 30.1 Å². The van der Waals surface area contributed by atoms with Gasteiger partial charge < -0.3 is 5.73 Å². The van der Waals surface area contributed by atoms with E-state index < -0.39 is 0 Å². The van der Waals surface area contributed by atoms with Crippen molar-refractivity contribution in [3.63, 3.8) is 0 Å². The molecule has 2 N–H and O–H groups in total. The zero-order valence-corrected chi connectivity index (χ0v) is 9.46. The molecule has 0 spiro atoms. The van der Waals surface area contributed by atoms with Crippen molar-refractivity contribution >= 4 is 13.9 Å². The molecule has 0 radical (unpaired) electrons. The normalized spacial score (nSPS) is 11.0. The number of nitrogen functional groups attached to an aromatic ring is 1. The highest BCUT2D eigenvalue weighted by molar-refractivity contribution is 7.33. The summed E-state index contributed by atoms with van der Waals surface area (Å²) in [7, 11) is 0.772. The number of benzene rings is 1. The van der Waals surface area contributed by atoms with Gasteiger partial charge in [-0.05, 0) is 36.8 Å². The Labute approximate surface area is 86.0 Å². The molecule has 0 bridgehead atoms. The number of aryl methyl sites for hydroxylation is 1. The van der Waals surface area contributed by atoms with E-state index in [0.717, 1.165) is 13.9 Å². The molecule has 1 unspecified atom stereocenters. The molecule has 0 fully saturated rings. The van der Waals surface area contributed by atoms with Gasteiger partial charge in [-0.25, -0.2) is 0 Å². The van der Waals surface area contributed by atoms with Crippen molar-refractivity contribution in [3.8, 4) is 10.9 Å². The molecule has 0 amide bonds. The predicted molar refractivity (Wildman–Crippen MR) is 65.3 cm³/mol. The zero-order valence-electron chi connectivity index (χ0n) is 8.46. The molecule has 0 saturated heterocycles. The first-order valence-corrected chi connectivity index (χ1v) is 5.77. The molecular weight excluding hydrogens is 189 g/mol. The lowest BCUT2D eigenvalue weighted by atomic mass is 10.1. The van der Waals surface area contributed by atoms with Gasteiger partial charge in [-0.2, -0.15) is 0 Å². The van der Waals surface area contributed by atoms with Gasteiger partial charge in [-0.1, -0.05) is 18.2 Å². The molecule has 1 heterocycles. The first kappa shape index (κ1) is 9.36. The minimum absolute atomic E-state index is 0.772. The maximum absolute atomic E-state index is 5.96. The van der Waals surface area contributed by atoms with Crippen molar-refractivity contribution < 1.29 is 0 Å². The van der Waals surface area contributed by atoms with Gasteiger partial charge >= 0.3 is 0 Å². The quantitative estimate of drug-likeness (QED) is 0.704. The second kappa shape index (κ2) is 3.51. The molecule has 2 aromatic rings. The van der Waals surface area contributed by atoms with Gasteiger partial charge in [0.25, 0.3) is 0 Å². The van der Waals surface area contributed by atoms with Crippen LogP contribution in [0.4, 0.5) is 5.69 Å². The fraction of sp³-hybridized carbons (Fsp3) is 0.167. The van der Waals surface area contributed by atoms with E-state index in [1.165, 1.54) is 22.0 Å². The molecule has 2 heteroatoms. The Balaban J connectivity index is 2.60. The van der Waals surface area contributed by atoms with Crippen molar-refractivity contribution in [2.24, 2.45) is 0 Å². The van der Waals surface area contributed by atoms with E-state index in [1.54, 1.807) is 0 Å². The summed E-state index contributed by atoms with van der Waals surface area (Å²) < 4.78 is 0. The summed E-state index contributed by atoms with van der Waals surface area (Å²) in [4.78, 5) is 0. The van der Waals surface area contributed by atoms with E-state index in [9.17, 15) is 0 Å². The summed E-state index contributed by atoms with van der Waals surface area (Å²) in [6, 6.07) is 8.10. The highest BCUT2D eigenvalue weighted by Gasteiger charge is 2.07. The van der Waals surface area contributed by atoms with Crippen molar-refractivity contribution in [1.82, 2.24) is 0 Å². The number of rotatable bonds is 1. The van der Waals surface area contributed by atoms with E-state index in [0.29, 0.717) is 0 Å². The zero-order chi connectivity index (χ0) is 10.1. The van der Waals surface area contributed by atoms with Crippen LogP contribution in [0.1, 0.15) is 11.1 Å². The van der Waals surface area contributed by atoms with Gasteiger partial charge in [0, 0.05) is 16.5 Å². The van der Waals surface area contributed by atoms with Gasteiger partial charge in [0.05, 0.1) is 0 Å². The van der Waals surface area contributed by atoms with E-state index in [1.807, 2.05) is 18.2 Å². The van der Waals surface area contributed by atoms with Crippen LogP contribution in [0.3, 0.4) is 0 Å². The minimum Gasteiger partial charge on any atom is -0.398 e. The van der Waals surface area contributed by atoms with Crippen molar-refractivity contribution in [3.05, 3.63) is 41.2 Å². The summed E-state index contributed by atoms with van der Waals surface area (Å²) in [5.41, 5.74) is 10.8. The molecule has 1 aromatic heterocycles. The smallest absolute Gasteiger partial charge is 0.0397 e. The number of hydrogen-bond acceptors (Lipinski definition) is 1. The van der Waals surface area contributed by atoms with Gasteiger partial charge in [0.1, 0.15) is 0 Å². The Morgan fingerprint density at radius 1 is 1.14 bits per heavy atom. The average Bonchev–Trinajstić information content (AvgIpc) is 2.49. The topological polar surface area (TPSA) is 26.0 Å². The number of nitrogens with two attached hydrogens (primary N) is 1. The lowest BCUT2D eigenvalue weighted by Crippen LogP contribution is -1.88. The molecular formula is C12H14NP. The van der Waals surface area contributed by atoms with Crippen LogP contribution >= 0.6 is 8.19 Å². The Kier molecular flexibility index (Phi) is 2.35. The van der Waals surface area contributed by atoms with E-state index >= 15 is 0 Å². The van der Waals surface area contributed by atoms with Gasteiger partial charge in [0.2, 0.25) is 0 Å². The third-order valence-electron chi connectivity index (χ3n) is 2.63. The Bertz CT molecular complexity index is 457. The highest BCUT2D eigenvalue weighted by Crippen LogP contribution is 2.38. The van der Waals surface area contributed by atoms with Crippen LogP contribution in [0.2, 0.25) is 0 Å². The fourth-order valence-corrected chi connectivity index (χ4v) is 2.97. The molecule has 0 aliphatic carbocycles. The standard InChI is InChI=1S/C12H14NP/c1-8-7-14-12(9(8)2)10-5-3-4-6-11(10)13/h3-7,14H,13H2,1-2H3. The summed E-state index contributed by atoms with van der Waals surface area (Å²) in [6.45, 7) is 4.34. The predicted octanol–water partition coefficient (Wildman–Crippen LogP) is 3.58. The SMILES string of the molecule is Cc1c[pH]c(-c2ccccc2N)c1C. The molecule has 14 heavy (non-hydrogen) atoms. The fourth-order valence-electron chi connectivity index (χ4n) is 1.60. The van der Waals surface area contributed by atoms with Crippen LogP contribution in [0.5, 0.6) is 0 Å². The maximum Gasteiger partial charge on any atom is 0.0397 e. The lowest BCUT2D eigenvalue weighted by Gasteiger charge is -2.04. The first-order chi connectivity index (χ1) is 6.70. The largest absolute Gasteiger partial charge is 0.398 e. The minimum atomic E-state index is 0.772. The Hall–Kier alpha value is -1.20. The Morgan fingerprint density at radius 3 is 2.43 bits per heavy atom. The first-order valence-electron chi connectivity index (χ1n) is 4.69. The molecule has 72 valence electrons. The van der Waals surface area contributed by atoms with E-state index in [4.69, 9.17) is 5.73 Å². The van der Waals surface area contributed by atoms with E-state index in [-0.39, 0.29) is 0 Å². The molecule has 1 aromatic carbocycles. The summed E-state index contributed by atoms with van der Waals surface area (Å²) in [6.07, 6.45) is 0. The van der Waals surface area contributed by atoms with Gasteiger partial charge in [-0.3, -0.25) is 0 Å². The van der Waals surface area contributed by atoms with Crippen molar-refractivity contribution in [2.45, 2.75) is 13.8 Å². The number of para-hydroxylation sites is 1. The van der Waals surface area contributed by atoms with E-state index in [2.05, 4.69) is 25.7 Å². The highest BCUT2D eigenvalue weighted by atomic mass is 31.0. The second-order valence-electron chi connectivity index (χ2n) is 3.56. The van der Waals surface area contributed by atoms with Gasteiger partial charge in [0.15, 0.2) is 0 Å². The summed E-state index contributed by atoms with van der Waals surface area (Å²) >= 11 is 0. The summed E-state index contributed by atoms with van der Waals surface area (Å²) in [5, 5.41) is 1.40. The van der Waals surface area contributed by atoms with Crippen LogP contribution in [0.25, 0.3) is 10.9 Å². The monoisotopic (exact) mass is 203 g/mol. The molecule has 1 atom stereocenters. The number of hydrogen-bond donors (Lipinski definition) is 1. The molecule has 0 saturated carbocycles. The van der Waals surface area contributed by atoms with Crippen LogP contribution in [0, 0.1) is 13.8 Å². The third kappa shape index (κ3) is 1.44. The molecule has 0 aliphatic rings. The number of anilines is 1.